The molecule has 2 rings (SSSR count). The second-order valence-electron chi connectivity index (χ2n) is 5.65. The summed E-state index contributed by atoms with van der Waals surface area (Å²) < 4.78 is 0. The van der Waals surface area contributed by atoms with Crippen LogP contribution in [0.1, 0.15) is 40.5 Å². The Morgan fingerprint density at radius 2 is 1.86 bits per heavy atom. The van der Waals surface area contributed by atoms with Crippen molar-refractivity contribution >= 4 is 24.2 Å². The molecule has 1 heterocycles. The van der Waals surface area contributed by atoms with E-state index in [4.69, 9.17) is 5.73 Å². The SMILES string of the molecule is CNC(=O)c1cccc(C(=O)N2CCC(C(C)N)CC2)c1.Cl. The molecule has 6 heteroatoms. The number of benzene rings is 1. The Morgan fingerprint density at radius 1 is 1.27 bits per heavy atom. The van der Waals surface area contributed by atoms with Gasteiger partial charge >= 0.3 is 0 Å². The smallest absolute Gasteiger partial charge is 0.253 e. The van der Waals surface area contributed by atoms with Crippen molar-refractivity contribution in [1.29, 1.82) is 0 Å². The number of hydrogen-bond donors (Lipinski definition) is 2. The predicted molar refractivity (Wildman–Crippen MR) is 89.4 cm³/mol. The number of nitrogens with one attached hydrogen (secondary N) is 1. The molecule has 0 radical (unpaired) electrons. The Labute approximate surface area is 137 Å². The van der Waals surface area contributed by atoms with Crippen molar-refractivity contribution < 1.29 is 9.59 Å². The van der Waals surface area contributed by atoms with Gasteiger partial charge in [-0.05, 0) is 43.9 Å². The van der Waals surface area contributed by atoms with Crippen LogP contribution < -0.4 is 11.1 Å². The minimum atomic E-state index is -0.180. The van der Waals surface area contributed by atoms with Gasteiger partial charge in [0.05, 0.1) is 0 Å². The zero-order valence-corrected chi connectivity index (χ0v) is 13.9. The number of likely N-dealkylation sites (tertiary alicyclic amines) is 1. The fourth-order valence-electron chi connectivity index (χ4n) is 2.75. The van der Waals surface area contributed by atoms with E-state index in [1.165, 1.54) is 0 Å². The lowest BCUT2D eigenvalue weighted by Crippen LogP contribution is -2.42. The van der Waals surface area contributed by atoms with E-state index >= 15 is 0 Å². The van der Waals surface area contributed by atoms with Gasteiger partial charge in [0.1, 0.15) is 0 Å². The van der Waals surface area contributed by atoms with Gasteiger partial charge in [0.2, 0.25) is 0 Å². The average molecular weight is 326 g/mol. The second-order valence-corrected chi connectivity index (χ2v) is 5.65. The molecule has 1 aromatic carbocycles. The summed E-state index contributed by atoms with van der Waals surface area (Å²) in [5.41, 5.74) is 6.99. The first-order valence-corrected chi connectivity index (χ1v) is 7.40. The molecule has 1 aliphatic heterocycles. The van der Waals surface area contributed by atoms with Gasteiger partial charge in [0, 0.05) is 37.3 Å². The highest BCUT2D eigenvalue weighted by molar-refractivity contribution is 5.99. The first-order chi connectivity index (χ1) is 10.0. The van der Waals surface area contributed by atoms with Crippen LogP contribution in [0.4, 0.5) is 0 Å². The molecule has 1 aromatic rings. The number of carbonyl (C=O) groups is 2. The highest BCUT2D eigenvalue weighted by Crippen LogP contribution is 2.21. The molecule has 1 atom stereocenters. The van der Waals surface area contributed by atoms with Gasteiger partial charge in [-0.1, -0.05) is 6.07 Å². The van der Waals surface area contributed by atoms with Gasteiger partial charge < -0.3 is 16.0 Å². The fraction of sp³-hybridized carbons (Fsp3) is 0.500. The molecule has 0 aromatic heterocycles. The maximum atomic E-state index is 12.5. The molecule has 1 aliphatic rings. The minimum Gasteiger partial charge on any atom is -0.355 e. The van der Waals surface area contributed by atoms with Crippen LogP contribution in [-0.4, -0.2) is 42.9 Å². The van der Waals surface area contributed by atoms with Crippen LogP contribution in [0.25, 0.3) is 0 Å². The molecular weight excluding hydrogens is 302 g/mol. The van der Waals surface area contributed by atoms with Gasteiger partial charge in [-0.3, -0.25) is 9.59 Å². The first-order valence-electron chi connectivity index (χ1n) is 7.40. The third-order valence-corrected chi connectivity index (χ3v) is 4.17. The van der Waals surface area contributed by atoms with E-state index in [1.807, 2.05) is 11.8 Å². The van der Waals surface area contributed by atoms with Crippen molar-refractivity contribution in [2.75, 3.05) is 20.1 Å². The summed E-state index contributed by atoms with van der Waals surface area (Å²) in [5.74, 6) is 0.301. The lowest BCUT2D eigenvalue weighted by atomic mass is 9.90. The monoisotopic (exact) mass is 325 g/mol. The van der Waals surface area contributed by atoms with Crippen molar-refractivity contribution in [3.63, 3.8) is 0 Å². The number of hydrogen-bond acceptors (Lipinski definition) is 3. The van der Waals surface area contributed by atoms with E-state index in [0.29, 0.717) is 17.0 Å². The molecule has 1 unspecified atom stereocenters. The highest BCUT2D eigenvalue weighted by atomic mass is 35.5. The van der Waals surface area contributed by atoms with Gasteiger partial charge in [-0.15, -0.1) is 12.4 Å². The lowest BCUT2D eigenvalue weighted by Gasteiger charge is -2.33. The number of nitrogens with two attached hydrogens (primary N) is 1. The van der Waals surface area contributed by atoms with Crippen molar-refractivity contribution in [2.45, 2.75) is 25.8 Å². The van der Waals surface area contributed by atoms with Crippen molar-refractivity contribution in [2.24, 2.45) is 11.7 Å². The lowest BCUT2D eigenvalue weighted by molar-refractivity contribution is 0.0681. The Hall–Kier alpha value is -1.59. The van der Waals surface area contributed by atoms with Gasteiger partial charge in [0.25, 0.3) is 11.8 Å². The number of rotatable bonds is 3. The zero-order chi connectivity index (χ0) is 15.4. The third-order valence-electron chi connectivity index (χ3n) is 4.17. The Morgan fingerprint density at radius 3 is 2.41 bits per heavy atom. The molecule has 3 N–H and O–H groups in total. The normalized spacial score (nSPS) is 16.6. The van der Waals surface area contributed by atoms with E-state index in [1.54, 1.807) is 31.3 Å². The topological polar surface area (TPSA) is 75.4 Å². The van der Waals surface area contributed by atoms with Crippen LogP contribution >= 0.6 is 12.4 Å². The molecule has 1 fully saturated rings. The van der Waals surface area contributed by atoms with Crippen molar-refractivity contribution in [3.05, 3.63) is 35.4 Å². The van der Waals surface area contributed by atoms with Crippen molar-refractivity contribution in [1.82, 2.24) is 10.2 Å². The highest BCUT2D eigenvalue weighted by Gasteiger charge is 2.25. The number of amides is 2. The number of halogens is 1. The molecular formula is C16H24ClN3O2. The maximum absolute atomic E-state index is 12.5. The largest absolute Gasteiger partial charge is 0.355 e. The molecule has 1 saturated heterocycles. The van der Waals surface area contributed by atoms with Crippen LogP contribution in [0.3, 0.4) is 0 Å². The zero-order valence-electron chi connectivity index (χ0n) is 13.0. The summed E-state index contributed by atoms with van der Waals surface area (Å²) >= 11 is 0. The van der Waals surface area contributed by atoms with E-state index in [9.17, 15) is 9.59 Å². The minimum absolute atomic E-state index is 0. The van der Waals surface area contributed by atoms with Crippen LogP contribution in [0.2, 0.25) is 0 Å². The summed E-state index contributed by atoms with van der Waals surface area (Å²) in [6, 6.07) is 7.04. The van der Waals surface area contributed by atoms with Gasteiger partial charge in [-0.2, -0.15) is 0 Å². The summed E-state index contributed by atoms with van der Waals surface area (Å²) in [5, 5.41) is 2.57. The summed E-state index contributed by atoms with van der Waals surface area (Å²) in [7, 11) is 1.58. The van der Waals surface area contributed by atoms with Crippen LogP contribution in [0.15, 0.2) is 24.3 Å². The number of nitrogens with zero attached hydrogens (tertiary/aromatic N) is 1. The third kappa shape index (κ3) is 4.21. The maximum Gasteiger partial charge on any atom is 0.253 e. The van der Waals surface area contributed by atoms with Gasteiger partial charge in [-0.25, -0.2) is 0 Å². The Kier molecular flexibility index (Phi) is 6.84. The molecule has 0 bridgehead atoms. The molecule has 0 saturated carbocycles. The number of carbonyl (C=O) groups excluding carboxylic acids is 2. The molecule has 22 heavy (non-hydrogen) atoms. The van der Waals surface area contributed by atoms with Gasteiger partial charge in [0.15, 0.2) is 0 Å². The van der Waals surface area contributed by atoms with E-state index in [2.05, 4.69) is 5.32 Å². The van der Waals surface area contributed by atoms with E-state index < -0.39 is 0 Å². The quantitative estimate of drug-likeness (QED) is 0.887. The Bertz CT molecular complexity index is 526. The summed E-state index contributed by atoms with van der Waals surface area (Å²) in [4.78, 5) is 26.0. The van der Waals surface area contributed by atoms with Crippen LogP contribution in [0.5, 0.6) is 0 Å². The average Bonchev–Trinajstić information content (AvgIpc) is 2.53. The van der Waals surface area contributed by atoms with Crippen LogP contribution in [0, 0.1) is 5.92 Å². The predicted octanol–water partition coefficient (Wildman–Crippen LogP) is 1.67. The summed E-state index contributed by atoms with van der Waals surface area (Å²) in [6.45, 7) is 3.49. The summed E-state index contributed by atoms with van der Waals surface area (Å²) in [6.07, 6.45) is 1.89. The molecule has 5 nitrogen and oxygen atoms in total. The molecule has 2 amide bonds. The fourth-order valence-corrected chi connectivity index (χ4v) is 2.75. The van der Waals surface area contributed by atoms with E-state index in [-0.39, 0.29) is 30.3 Å². The second kappa shape index (κ2) is 8.15. The molecule has 122 valence electrons. The molecule has 0 spiro atoms. The first kappa shape index (κ1) is 18.5. The Balaban J connectivity index is 0.00000242. The standard InChI is InChI=1S/C16H23N3O2.ClH/c1-11(17)12-6-8-19(9-7-12)16(21)14-5-3-4-13(10-14)15(20)18-2;/h3-5,10-12H,6-9,17H2,1-2H3,(H,18,20);1H. The van der Waals surface area contributed by atoms with Crippen molar-refractivity contribution in [3.8, 4) is 0 Å². The van der Waals surface area contributed by atoms with Crippen LogP contribution in [-0.2, 0) is 0 Å². The molecule has 0 aliphatic carbocycles. The number of piperidine rings is 1. The van der Waals surface area contributed by atoms with E-state index in [0.717, 1.165) is 25.9 Å².